The zero-order valence-electron chi connectivity index (χ0n) is 11.2. The molecule has 0 aliphatic carbocycles. The lowest BCUT2D eigenvalue weighted by atomic mass is 10.2. The van der Waals surface area contributed by atoms with Crippen LogP contribution in [0.2, 0.25) is 0 Å². The molecule has 0 radical (unpaired) electrons. The van der Waals surface area contributed by atoms with Gasteiger partial charge in [-0.1, -0.05) is 12.1 Å². The van der Waals surface area contributed by atoms with E-state index < -0.39 is 0 Å². The molecule has 0 bridgehead atoms. The van der Waals surface area contributed by atoms with Gasteiger partial charge in [-0.2, -0.15) is 0 Å². The monoisotopic (exact) mass is 265 g/mol. The first-order chi connectivity index (χ1) is 9.85. The largest absolute Gasteiger partial charge is 0.439 e. The van der Waals surface area contributed by atoms with Gasteiger partial charge in [-0.05, 0) is 31.3 Å². The molecule has 2 aromatic heterocycles. The summed E-state index contributed by atoms with van der Waals surface area (Å²) in [6.07, 6.45) is 1.78. The molecule has 0 spiro atoms. The van der Waals surface area contributed by atoms with Crippen LogP contribution < -0.4 is 10.1 Å². The van der Waals surface area contributed by atoms with Crippen LogP contribution in [0.25, 0.3) is 10.9 Å². The van der Waals surface area contributed by atoms with Crippen molar-refractivity contribution in [1.82, 2.24) is 15.3 Å². The summed E-state index contributed by atoms with van der Waals surface area (Å²) < 4.78 is 5.79. The summed E-state index contributed by atoms with van der Waals surface area (Å²) in [5.74, 6) is 1.33. The van der Waals surface area contributed by atoms with Crippen LogP contribution in [0.5, 0.6) is 11.6 Å². The number of rotatable bonds is 4. The summed E-state index contributed by atoms with van der Waals surface area (Å²) >= 11 is 0. The first kappa shape index (κ1) is 12.6. The van der Waals surface area contributed by atoms with Gasteiger partial charge in [0, 0.05) is 30.3 Å². The Kier molecular flexibility index (Phi) is 3.56. The highest BCUT2D eigenvalue weighted by Crippen LogP contribution is 2.23. The Morgan fingerprint density at radius 2 is 2.05 bits per heavy atom. The molecule has 20 heavy (non-hydrogen) atoms. The van der Waals surface area contributed by atoms with Gasteiger partial charge >= 0.3 is 0 Å². The zero-order valence-corrected chi connectivity index (χ0v) is 11.2. The molecule has 0 aliphatic rings. The molecule has 4 nitrogen and oxygen atoms in total. The van der Waals surface area contributed by atoms with Crippen LogP contribution in [0.3, 0.4) is 0 Å². The Balaban J connectivity index is 1.87. The summed E-state index contributed by atoms with van der Waals surface area (Å²) in [5, 5.41) is 4.17. The second-order valence-electron chi connectivity index (χ2n) is 4.46. The Labute approximate surface area is 117 Å². The molecule has 0 amide bonds. The fourth-order valence-electron chi connectivity index (χ4n) is 2.02. The van der Waals surface area contributed by atoms with E-state index in [1.54, 1.807) is 6.20 Å². The average Bonchev–Trinajstić information content (AvgIpc) is 2.48. The van der Waals surface area contributed by atoms with E-state index in [0.29, 0.717) is 5.88 Å². The molecule has 2 heterocycles. The van der Waals surface area contributed by atoms with Crippen molar-refractivity contribution in [2.45, 2.75) is 6.54 Å². The summed E-state index contributed by atoms with van der Waals surface area (Å²) in [7, 11) is 1.89. The van der Waals surface area contributed by atoms with Crippen LogP contribution in [0.15, 0.2) is 54.7 Å². The van der Waals surface area contributed by atoms with Crippen molar-refractivity contribution in [3.63, 3.8) is 0 Å². The first-order valence-corrected chi connectivity index (χ1v) is 6.48. The molecule has 0 unspecified atom stereocenters. The molecular weight excluding hydrogens is 250 g/mol. The van der Waals surface area contributed by atoms with Crippen LogP contribution in [0, 0.1) is 0 Å². The molecule has 1 aromatic carbocycles. The van der Waals surface area contributed by atoms with Gasteiger partial charge < -0.3 is 10.1 Å². The standard InChI is InChI=1S/C16H15N3O/c1-17-11-13-5-2-6-16(19-13)20-14-8-7-12-4-3-9-18-15(12)10-14/h2-10,17H,11H2,1H3. The zero-order chi connectivity index (χ0) is 13.8. The highest BCUT2D eigenvalue weighted by molar-refractivity contribution is 5.79. The number of hydrogen-bond donors (Lipinski definition) is 1. The number of benzene rings is 1. The van der Waals surface area contributed by atoms with Crippen molar-refractivity contribution in [2.75, 3.05) is 7.05 Å². The van der Waals surface area contributed by atoms with E-state index in [2.05, 4.69) is 15.3 Å². The molecule has 0 saturated carbocycles. The lowest BCUT2D eigenvalue weighted by Crippen LogP contribution is -2.06. The maximum absolute atomic E-state index is 5.79. The Morgan fingerprint density at radius 3 is 2.95 bits per heavy atom. The van der Waals surface area contributed by atoms with Crippen LogP contribution in [-0.4, -0.2) is 17.0 Å². The third-order valence-corrected chi connectivity index (χ3v) is 2.94. The van der Waals surface area contributed by atoms with Gasteiger partial charge in [-0.25, -0.2) is 4.98 Å². The van der Waals surface area contributed by atoms with Crippen LogP contribution >= 0.6 is 0 Å². The maximum atomic E-state index is 5.79. The number of ether oxygens (including phenoxy) is 1. The van der Waals surface area contributed by atoms with E-state index in [1.165, 1.54) is 0 Å². The number of nitrogens with one attached hydrogen (secondary N) is 1. The van der Waals surface area contributed by atoms with Crippen molar-refractivity contribution >= 4 is 10.9 Å². The van der Waals surface area contributed by atoms with Gasteiger partial charge in [0.05, 0.1) is 11.2 Å². The van der Waals surface area contributed by atoms with Gasteiger partial charge in [0.2, 0.25) is 5.88 Å². The molecule has 1 N–H and O–H groups in total. The average molecular weight is 265 g/mol. The topological polar surface area (TPSA) is 47.0 Å². The van der Waals surface area contributed by atoms with Crippen molar-refractivity contribution in [3.8, 4) is 11.6 Å². The number of nitrogens with zero attached hydrogens (tertiary/aromatic N) is 2. The fourth-order valence-corrected chi connectivity index (χ4v) is 2.02. The number of fused-ring (bicyclic) bond motifs is 1. The minimum Gasteiger partial charge on any atom is -0.439 e. The van der Waals surface area contributed by atoms with E-state index in [1.807, 2.05) is 55.6 Å². The number of pyridine rings is 2. The highest BCUT2D eigenvalue weighted by atomic mass is 16.5. The van der Waals surface area contributed by atoms with E-state index in [-0.39, 0.29) is 0 Å². The van der Waals surface area contributed by atoms with E-state index >= 15 is 0 Å². The molecule has 4 heteroatoms. The van der Waals surface area contributed by atoms with Crippen LogP contribution in [0.4, 0.5) is 0 Å². The van der Waals surface area contributed by atoms with Crippen molar-refractivity contribution in [1.29, 1.82) is 0 Å². The predicted molar refractivity (Wildman–Crippen MR) is 78.8 cm³/mol. The second kappa shape index (κ2) is 5.67. The molecular formula is C16H15N3O. The Morgan fingerprint density at radius 1 is 1.10 bits per heavy atom. The molecule has 0 aliphatic heterocycles. The van der Waals surface area contributed by atoms with Crippen LogP contribution in [0.1, 0.15) is 5.69 Å². The SMILES string of the molecule is CNCc1cccc(Oc2ccc3cccnc3c2)n1. The fraction of sp³-hybridized carbons (Fsp3) is 0.125. The normalized spacial score (nSPS) is 10.7. The van der Waals surface area contributed by atoms with Crippen molar-refractivity contribution < 1.29 is 4.74 Å². The van der Waals surface area contributed by atoms with Gasteiger partial charge in [0.25, 0.3) is 0 Å². The molecule has 0 atom stereocenters. The van der Waals surface area contributed by atoms with Gasteiger partial charge in [0.1, 0.15) is 5.75 Å². The number of aromatic nitrogens is 2. The predicted octanol–water partition coefficient (Wildman–Crippen LogP) is 3.14. The minimum absolute atomic E-state index is 0.591. The lowest BCUT2D eigenvalue weighted by molar-refractivity contribution is 0.460. The quantitative estimate of drug-likeness (QED) is 0.787. The van der Waals surface area contributed by atoms with Crippen molar-refractivity contribution in [2.24, 2.45) is 0 Å². The van der Waals surface area contributed by atoms with Gasteiger partial charge in [-0.15, -0.1) is 0 Å². The van der Waals surface area contributed by atoms with E-state index in [4.69, 9.17) is 4.74 Å². The summed E-state index contributed by atoms with van der Waals surface area (Å²) in [4.78, 5) is 8.75. The molecule has 3 rings (SSSR count). The van der Waals surface area contributed by atoms with Gasteiger partial charge in [0.15, 0.2) is 0 Å². The third-order valence-electron chi connectivity index (χ3n) is 2.94. The molecule has 3 aromatic rings. The van der Waals surface area contributed by atoms with Crippen molar-refractivity contribution in [3.05, 3.63) is 60.4 Å². The second-order valence-corrected chi connectivity index (χ2v) is 4.46. The summed E-state index contributed by atoms with van der Waals surface area (Å²) in [5.41, 5.74) is 1.86. The van der Waals surface area contributed by atoms with E-state index in [9.17, 15) is 0 Å². The van der Waals surface area contributed by atoms with Crippen LogP contribution in [-0.2, 0) is 6.54 Å². The Bertz CT molecular complexity index is 727. The smallest absolute Gasteiger partial charge is 0.219 e. The summed E-state index contributed by atoms with van der Waals surface area (Å²) in [6.45, 7) is 0.719. The minimum atomic E-state index is 0.591. The maximum Gasteiger partial charge on any atom is 0.219 e. The van der Waals surface area contributed by atoms with Gasteiger partial charge in [-0.3, -0.25) is 4.98 Å². The molecule has 0 saturated heterocycles. The summed E-state index contributed by atoms with van der Waals surface area (Å²) in [6, 6.07) is 15.5. The molecule has 100 valence electrons. The Hall–Kier alpha value is -2.46. The highest BCUT2D eigenvalue weighted by Gasteiger charge is 2.02. The molecule has 0 fully saturated rings. The van der Waals surface area contributed by atoms with E-state index in [0.717, 1.165) is 28.9 Å². The third kappa shape index (κ3) is 2.75. The lowest BCUT2D eigenvalue weighted by Gasteiger charge is -2.07. The first-order valence-electron chi connectivity index (χ1n) is 6.48. The number of hydrogen-bond acceptors (Lipinski definition) is 4.